The molecular weight excluding hydrogens is 243 g/mol. The van der Waals surface area contributed by atoms with Crippen molar-refractivity contribution in [2.45, 2.75) is 33.1 Å². The summed E-state index contributed by atoms with van der Waals surface area (Å²) in [6, 6.07) is 6.37. The number of amides is 2. The normalized spacial score (nSPS) is 10.3. The molecule has 0 aliphatic carbocycles. The van der Waals surface area contributed by atoms with Crippen molar-refractivity contribution in [3.63, 3.8) is 0 Å². The van der Waals surface area contributed by atoms with Crippen LogP contribution in [0.1, 0.15) is 32.3 Å². The van der Waals surface area contributed by atoms with Gasteiger partial charge in [0.15, 0.2) is 0 Å². The number of hydrogen-bond acceptors (Lipinski definition) is 1. The van der Waals surface area contributed by atoms with Crippen LogP contribution in [0.15, 0.2) is 24.3 Å². The summed E-state index contributed by atoms with van der Waals surface area (Å²) in [5.74, 6) is -0.232. The van der Waals surface area contributed by atoms with E-state index in [2.05, 4.69) is 19.2 Å². The Bertz CT molecular complexity index is 372. The lowest BCUT2D eigenvalue weighted by molar-refractivity contribution is 0.198. The van der Waals surface area contributed by atoms with Gasteiger partial charge in [-0.15, -0.1) is 0 Å². The second-order valence-electron chi connectivity index (χ2n) is 4.60. The maximum atomic E-state index is 12.7. The second-order valence-corrected chi connectivity index (χ2v) is 4.60. The smallest absolute Gasteiger partial charge is 0.317 e. The fourth-order valence-electron chi connectivity index (χ4n) is 1.93. The van der Waals surface area contributed by atoms with Crippen LogP contribution < -0.4 is 5.32 Å². The van der Waals surface area contributed by atoms with Crippen LogP contribution in [-0.2, 0) is 6.42 Å². The van der Waals surface area contributed by atoms with Gasteiger partial charge in [0.1, 0.15) is 5.82 Å². The number of benzene rings is 1. The van der Waals surface area contributed by atoms with Gasteiger partial charge in [0.05, 0.1) is 0 Å². The molecule has 1 rings (SSSR count). The minimum atomic E-state index is -0.232. The Labute approximate surface area is 114 Å². The van der Waals surface area contributed by atoms with Gasteiger partial charge in [-0.2, -0.15) is 0 Å². The Hall–Kier alpha value is -1.58. The molecule has 4 heteroatoms. The van der Waals surface area contributed by atoms with E-state index < -0.39 is 0 Å². The van der Waals surface area contributed by atoms with Crippen molar-refractivity contribution in [1.82, 2.24) is 10.2 Å². The fourth-order valence-corrected chi connectivity index (χ4v) is 1.93. The van der Waals surface area contributed by atoms with E-state index in [0.717, 1.165) is 37.9 Å². The summed E-state index contributed by atoms with van der Waals surface area (Å²) in [5, 5.41) is 2.91. The quantitative estimate of drug-likeness (QED) is 0.807. The standard InChI is InChI=1S/C15H23FN2O/c1-3-11-18(12-4-2)15(19)17-10-9-13-5-7-14(16)8-6-13/h5-8H,3-4,9-12H2,1-2H3,(H,17,19). The van der Waals surface area contributed by atoms with Gasteiger partial charge in [-0.3, -0.25) is 0 Å². The summed E-state index contributed by atoms with van der Waals surface area (Å²) >= 11 is 0. The van der Waals surface area contributed by atoms with Crippen LogP contribution in [0.2, 0.25) is 0 Å². The average molecular weight is 266 g/mol. The lowest BCUT2D eigenvalue weighted by Gasteiger charge is -2.21. The highest BCUT2D eigenvalue weighted by atomic mass is 19.1. The van der Waals surface area contributed by atoms with E-state index in [-0.39, 0.29) is 11.8 Å². The highest BCUT2D eigenvalue weighted by Gasteiger charge is 2.10. The van der Waals surface area contributed by atoms with Crippen LogP contribution in [0.5, 0.6) is 0 Å². The molecule has 0 saturated carbocycles. The van der Waals surface area contributed by atoms with E-state index in [9.17, 15) is 9.18 Å². The number of nitrogens with zero attached hydrogens (tertiary/aromatic N) is 1. The Morgan fingerprint density at radius 3 is 2.26 bits per heavy atom. The van der Waals surface area contributed by atoms with Crippen LogP contribution in [-0.4, -0.2) is 30.6 Å². The topological polar surface area (TPSA) is 32.3 Å². The molecule has 106 valence electrons. The largest absolute Gasteiger partial charge is 0.338 e. The number of halogens is 1. The summed E-state index contributed by atoms with van der Waals surface area (Å²) in [7, 11) is 0. The van der Waals surface area contributed by atoms with E-state index in [1.807, 2.05) is 4.90 Å². The van der Waals surface area contributed by atoms with Gasteiger partial charge < -0.3 is 10.2 Å². The van der Waals surface area contributed by atoms with Crippen molar-refractivity contribution in [2.75, 3.05) is 19.6 Å². The number of hydrogen-bond donors (Lipinski definition) is 1. The van der Waals surface area contributed by atoms with Crippen LogP contribution in [0.4, 0.5) is 9.18 Å². The van der Waals surface area contributed by atoms with E-state index in [1.54, 1.807) is 12.1 Å². The Morgan fingerprint density at radius 1 is 1.16 bits per heavy atom. The molecule has 0 radical (unpaired) electrons. The van der Waals surface area contributed by atoms with Gasteiger partial charge in [-0.25, -0.2) is 9.18 Å². The van der Waals surface area contributed by atoms with Crippen molar-refractivity contribution >= 4 is 6.03 Å². The third-order valence-corrected chi connectivity index (χ3v) is 2.88. The molecule has 0 aliphatic heterocycles. The lowest BCUT2D eigenvalue weighted by atomic mass is 10.1. The summed E-state index contributed by atoms with van der Waals surface area (Å²) in [4.78, 5) is 13.8. The summed E-state index contributed by atoms with van der Waals surface area (Å²) in [6.45, 7) is 6.28. The first-order valence-corrected chi connectivity index (χ1v) is 6.94. The Morgan fingerprint density at radius 2 is 1.74 bits per heavy atom. The van der Waals surface area contributed by atoms with Gasteiger partial charge >= 0.3 is 6.03 Å². The monoisotopic (exact) mass is 266 g/mol. The third-order valence-electron chi connectivity index (χ3n) is 2.88. The highest BCUT2D eigenvalue weighted by molar-refractivity contribution is 5.74. The van der Waals surface area contributed by atoms with E-state index in [0.29, 0.717) is 6.54 Å². The lowest BCUT2D eigenvalue weighted by Crippen LogP contribution is -2.41. The number of urea groups is 1. The summed E-state index contributed by atoms with van der Waals surface area (Å²) < 4.78 is 12.7. The van der Waals surface area contributed by atoms with Crippen molar-refractivity contribution < 1.29 is 9.18 Å². The molecule has 0 aliphatic rings. The molecule has 1 aromatic rings. The zero-order valence-electron chi connectivity index (χ0n) is 11.8. The molecule has 0 atom stereocenters. The first-order valence-electron chi connectivity index (χ1n) is 6.94. The van der Waals surface area contributed by atoms with Gasteiger partial charge in [0.2, 0.25) is 0 Å². The second kappa shape index (κ2) is 8.51. The molecule has 0 unspecified atom stereocenters. The predicted octanol–water partition coefficient (Wildman–Crippen LogP) is 3.20. The zero-order valence-corrected chi connectivity index (χ0v) is 11.8. The van der Waals surface area contributed by atoms with E-state index in [4.69, 9.17) is 0 Å². The highest BCUT2D eigenvalue weighted by Crippen LogP contribution is 2.03. The van der Waals surface area contributed by atoms with E-state index in [1.165, 1.54) is 12.1 Å². The molecule has 1 aromatic carbocycles. The van der Waals surface area contributed by atoms with Gasteiger partial charge in [-0.05, 0) is 37.0 Å². The van der Waals surface area contributed by atoms with Gasteiger partial charge in [0, 0.05) is 19.6 Å². The van der Waals surface area contributed by atoms with E-state index >= 15 is 0 Å². The van der Waals surface area contributed by atoms with Crippen molar-refractivity contribution in [3.8, 4) is 0 Å². The Kier molecular flexibility index (Phi) is 6.93. The maximum Gasteiger partial charge on any atom is 0.317 e. The molecule has 0 saturated heterocycles. The molecule has 0 fully saturated rings. The minimum Gasteiger partial charge on any atom is -0.338 e. The molecule has 2 amide bonds. The van der Waals surface area contributed by atoms with Crippen LogP contribution in [0.25, 0.3) is 0 Å². The predicted molar refractivity (Wildman–Crippen MR) is 75.7 cm³/mol. The first-order chi connectivity index (χ1) is 9.17. The molecule has 0 heterocycles. The van der Waals surface area contributed by atoms with Gasteiger partial charge in [0.25, 0.3) is 0 Å². The third kappa shape index (κ3) is 5.73. The first kappa shape index (κ1) is 15.5. The summed E-state index contributed by atoms with van der Waals surface area (Å²) in [6.07, 6.45) is 2.65. The molecular formula is C15H23FN2O. The fraction of sp³-hybridized carbons (Fsp3) is 0.533. The van der Waals surface area contributed by atoms with Crippen molar-refractivity contribution in [2.24, 2.45) is 0 Å². The van der Waals surface area contributed by atoms with Crippen molar-refractivity contribution in [3.05, 3.63) is 35.6 Å². The molecule has 0 spiro atoms. The number of carbonyl (C=O) groups excluding carboxylic acids is 1. The number of rotatable bonds is 7. The Balaban J connectivity index is 2.34. The molecule has 1 N–H and O–H groups in total. The molecule has 0 aromatic heterocycles. The van der Waals surface area contributed by atoms with Crippen LogP contribution in [0, 0.1) is 5.82 Å². The number of carbonyl (C=O) groups is 1. The van der Waals surface area contributed by atoms with Gasteiger partial charge in [-0.1, -0.05) is 26.0 Å². The molecule has 19 heavy (non-hydrogen) atoms. The minimum absolute atomic E-state index is 0.00851. The van der Waals surface area contributed by atoms with Crippen molar-refractivity contribution in [1.29, 1.82) is 0 Å². The van der Waals surface area contributed by atoms with Crippen LogP contribution in [0.3, 0.4) is 0 Å². The average Bonchev–Trinajstić information content (AvgIpc) is 2.40. The number of nitrogens with one attached hydrogen (secondary N) is 1. The molecule has 0 bridgehead atoms. The van der Waals surface area contributed by atoms with Crippen LogP contribution >= 0.6 is 0 Å². The molecule has 3 nitrogen and oxygen atoms in total. The SMILES string of the molecule is CCCN(CCC)C(=O)NCCc1ccc(F)cc1. The zero-order chi connectivity index (χ0) is 14.1. The maximum absolute atomic E-state index is 12.7. The summed E-state index contributed by atoms with van der Waals surface area (Å²) in [5.41, 5.74) is 1.03.